The first-order chi connectivity index (χ1) is 16.0. The topological polar surface area (TPSA) is 54.0 Å². The highest BCUT2D eigenvalue weighted by molar-refractivity contribution is 6.76. The number of methoxy groups -OCH3 is 1. The van der Waals surface area contributed by atoms with Gasteiger partial charge in [0.2, 0.25) is 0 Å². The number of carbonyl (C=O) groups excluding carboxylic acids is 1. The number of hydrogen-bond donors (Lipinski definition) is 0. The first-order valence-corrected chi connectivity index (χ1v) is 21.2. The van der Waals surface area contributed by atoms with E-state index in [9.17, 15) is 4.79 Å². The van der Waals surface area contributed by atoms with Crippen LogP contribution in [0.15, 0.2) is 42.5 Å². The van der Waals surface area contributed by atoms with Gasteiger partial charge in [-0.2, -0.15) is 0 Å². The Kier molecular flexibility index (Phi) is 11.1. The molecule has 0 fully saturated rings. The van der Waals surface area contributed by atoms with Crippen molar-refractivity contribution < 1.29 is 23.7 Å². The molecule has 8 heteroatoms. The number of hydrogen-bond acceptors (Lipinski definition) is 5. The van der Waals surface area contributed by atoms with Crippen LogP contribution in [0.4, 0.5) is 0 Å². The van der Waals surface area contributed by atoms with Crippen molar-refractivity contribution >= 4 is 36.8 Å². The number of benzene rings is 2. The Bertz CT molecular complexity index is 905. The molecule has 34 heavy (non-hydrogen) atoms. The second kappa shape index (κ2) is 13.3. The summed E-state index contributed by atoms with van der Waals surface area (Å²) in [6.45, 7) is 15.0. The normalized spacial score (nSPS) is 12.2. The lowest BCUT2D eigenvalue weighted by molar-refractivity contribution is 0.0435. The quantitative estimate of drug-likeness (QED) is 0.203. The maximum absolute atomic E-state index is 13.3. The van der Waals surface area contributed by atoms with Crippen molar-refractivity contribution in [2.45, 2.75) is 57.4 Å². The van der Waals surface area contributed by atoms with Gasteiger partial charge in [0.25, 0.3) is 0 Å². The Labute approximate surface area is 210 Å². The Morgan fingerprint density at radius 1 is 0.882 bits per heavy atom. The molecule has 0 unspecified atom stereocenters. The van der Waals surface area contributed by atoms with Crippen LogP contribution in [0, 0.1) is 0 Å². The Hall–Kier alpha value is -1.88. The van der Waals surface area contributed by atoms with Crippen LogP contribution >= 0.6 is 0 Å². The predicted octanol–water partition coefficient (Wildman–Crippen LogP) is 4.88. The molecular weight excluding hydrogens is 477 g/mol. The molecule has 0 amide bonds. The summed E-state index contributed by atoms with van der Waals surface area (Å²) in [7, 11) is -1.59. The Balaban J connectivity index is 2.34. The highest BCUT2D eigenvalue weighted by atomic mass is 28.3. The van der Waals surface area contributed by atoms with E-state index in [4.69, 9.17) is 18.9 Å². The lowest BCUT2D eigenvalue weighted by atomic mass is 10.1. The third-order valence-electron chi connectivity index (χ3n) is 5.43. The predicted molar refractivity (Wildman–Crippen MR) is 149 cm³/mol. The number of carbonyl (C=O) groups is 1. The minimum atomic E-state index is -1.31. The summed E-state index contributed by atoms with van der Waals surface area (Å²) >= 11 is 0. The van der Waals surface area contributed by atoms with Crippen LogP contribution in [0.3, 0.4) is 0 Å². The van der Waals surface area contributed by atoms with Crippen LogP contribution < -0.4 is 14.7 Å². The van der Waals surface area contributed by atoms with Crippen LogP contribution in [0.2, 0.25) is 51.4 Å². The molecule has 0 aromatic heterocycles. The first kappa shape index (κ1) is 28.4. The van der Waals surface area contributed by atoms with Gasteiger partial charge in [0, 0.05) is 29.3 Å². The van der Waals surface area contributed by atoms with E-state index < -0.39 is 25.7 Å². The molecule has 0 heterocycles. The van der Waals surface area contributed by atoms with Crippen molar-refractivity contribution in [3.8, 4) is 11.5 Å². The van der Waals surface area contributed by atoms with Gasteiger partial charge in [0.15, 0.2) is 6.79 Å². The summed E-state index contributed by atoms with van der Waals surface area (Å²) in [5, 5.41) is 1.35. The van der Waals surface area contributed by atoms with Crippen molar-refractivity contribution in [3.63, 3.8) is 0 Å². The van der Waals surface area contributed by atoms with Gasteiger partial charge in [-0.1, -0.05) is 74.8 Å². The number of esters is 1. The molecule has 0 N–H and O–H groups in total. The molecule has 0 saturated carbocycles. The van der Waals surface area contributed by atoms with Gasteiger partial charge >= 0.3 is 5.97 Å². The van der Waals surface area contributed by atoms with Crippen molar-refractivity contribution in [1.82, 2.24) is 0 Å². The third kappa shape index (κ3) is 10.6. The van der Waals surface area contributed by atoms with E-state index in [1.807, 2.05) is 18.2 Å². The maximum Gasteiger partial charge on any atom is 0.342 e. The molecule has 2 rings (SSSR count). The summed E-state index contributed by atoms with van der Waals surface area (Å²) in [4.78, 5) is 13.3. The fourth-order valence-electron chi connectivity index (χ4n) is 3.31. The fraction of sp³-hybridized carbons (Fsp3) is 0.500. The summed E-state index contributed by atoms with van der Waals surface area (Å²) in [6, 6.07) is 17.1. The van der Waals surface area contributed by atoms with E-state index in [0.717, 1.165) is 29.4 Å². The number of ether oxygens (including phenoxy) is 4. The van der Waals surface area contributed by atoms with Crippen molar-refractivity contribution in [1.29, 1.82) is 0 Å². The summed E-state index contributed by atoms with van der Waals surface area (Å²) in [6.07, 6.45) is 0. The average molecular weight is 519 g/mol. The molecule has 0 saturated heterocycles. The molecule has 5 nitrogen and oxygen atoms in total. The van der Waals surface area contributed by atoms with E-state index in [1.165, 1.54) is 5.19 Å². The van der Waals surface area contributed by atoms with Crippen LogP contribution in [-0.2, 0) is 15.5 Å². The molecule has 0 aliphatic carbocycles. The van der Waals surface area contributed by atoms with Gasteiger partial charge in [-0.05, 0) is 29.8 Å². The highest BCUT2D eigenvalue weighted by Crippen LogP contribution is 2.31. The molecule has 2 aromatic carbocycles. The second-order valence-electron chi connectivity index (χ2n) is 11.1. The van der Waals surface area contributed by atoms with Crippen molar-refractivity contribution in [2.24, 2.45) is 0 Å². The van der Waals surface area contributed by atoms with Gasteiger partial charge in [-0.25, -0.2) is 4.79 Å². The largest absolute Gasteiger partial charge is 0.494 e. The summed E-state index contributed by atoms with van der Waals surface area (Å²) in [5.41, 5.74) is 1.44. The fourth-order valence-corrected chi connectivity index (χ4v) is 6.30. The van der Waals surface area contributed by atoms with E-state index >= 15 is 0 Å². The van der Waals surface area contributed by atoms with E-state index in [0.29, 0.717) is 24.5 Å². The minimum Gasteiger partial charge on any atom is -0.494 e. The zero-order valence-electron chi connectivity index (χ0n) is 22.0. The van der Waals surface area contributed by atoms with Gasteiger partial charge in [-0.3, -0.25) is 0 Å². The second-order valence-corrected chi connectivity index (χ2v) is 24.2. The summed E-state index contributed by atoms with van der Waals surface area (Å²) < 4.78 is 22.9. The van der Waals surface area contributed by atoms with Crippen molar-refractivity contribution in [3.05, 3.63) is 53.6 Å². The number of rotatable bonds is 14. The smallest absolute Gasteiger partial charge is 0.342 e. The lowest BCUT2D eigenvalue weighted by Crippen LogP contribution is -2.24. The molecule has 0 aliphatic heterocycles. The zero-order valence-corrected chi connectivity index (χ0v) is 25.4. The van der Waals surface area contributed by atoms with Gasteiger partial charge in [0.1, 0.15) is 17.1 Å². The first-order valence-electron chi connectivity index (χ1n) is 12.1. The molecule has 0 aliphatic rings. The highest BCUT2D eigenvalue weighted by Gasteiger charge is 2.23. The van der Waals surface area contributed by atoms with Gasteiger partial charge in [-0.15, -0.1) is 0 Å². The molecule has 188 valence electrons. The average Bonchev–Trinajstić information content (AvgIpc) is 2.75. The third-order valence-corrected chi connectivity index (χ3v) is 10.7. The SMILES string of the molecule is COCOc1cc(OCC[Si](C)(C)C)cc(C[SiH2]c2ccccc2)c1C(=O)OCC[Si](C)(C)C. The molecule has 0 bridgehead atoms. The molecule has 0 atom stereocenters. The standard InChI is InChI=1S/C26H42O5Si3/c1-28-20-31-24-18-22(29-13-15-33(2,3)4)17-21(19-32-23-11-9-8-10-12-23)25(24)26(27)30-14-16-34(5,6)7/h8-12,17-18H,13-16,19-20,32H2,1-7H3. The van der Waals surface area contributed by atoms with Crippen molar-refractivity contribution in [2.75, 3.05) is 27.1 Å². The van der Waals surface area contributed by atoms with Crippen LogP contribution in [0.1, 0.15) is 15.9 Å². The minimum absolute atomic E-state index is 0.0586. The van der Waals surface area contributed by atoms with Crippen LogP contribution in [0.5, 0.6) is 11.5 Å². The molecule has 0 spiro atoms. The van der Waals surface area contributed by atoms with Crippen LogP contribution in [0.25, 0.3) is 0 Å². The van der Waals surface area contributed by atoms with Crippen LogP contribution in [-0.4, -0.2) is 58.8 Å². The van der Waals surface area contributed by atoms with E-state index in [-0.39, 0.29) is 12.8 Å². The lowest BCUT2D eigenvalue weighted by Gasteiger charge is -2.20. The molecule has 0 radical (unpaired) electrons. The monoisotopic (exact) mass is 518 g/mol. The Morgan fingerprint density at radius 2 is 1.53 bits per heavy atom. The zero-order chi connectivity index (χ0) is 25.2. The molecule has 2 aromatic rings. The van der Waals surface area contributed by atoms with Gasteiger partial charge in [0.05, 0.1) is 22.7 Å². The maximum atomic E-state index is 13.3. The van der Waals surface area contributed by atoms with E-state index in [2.05, 4.69) is 63.5 Å². The summed E-state index contributed by atoms with van der Waals surface area (Å²) in [5.74, 6) is 0.887. The molecular formula is C26H42O5Si3. The van der Waals surface area contributed by atoms with E-state index in [1.54, 1.807) is 7.11 Å². The van der Waals surface area contributed by atoms with Gasteiger partial charge < -0.3 is 18.9 Å². The Morgan fingerprint density at radius 3 is 2.15 bits per heavy atom.